The van der Waals surface area contributed by atoms with Gasteiger partial charge in [-0.05, 0) is 53.9 Å². The van der Waals surface area contributed by atoms with E-state index in [0.717, 1.165) is 21.6 Å². The van der Waals surface area contributed by atoms with E-state index in [1.807, 2.05) is 24.3 Å². The molecule has 1 saturated heterocycles. The van der Waals surface area contributed by atoms with E-state index >= 15 is 0 Å². The number of rotatable bonds is 5. The maximum Gasteiger partial charge on any atom is 0.319 e. The molecule has 3 N–H and O–H groups in total. The van der Waals surface area contributed by atoms with E-state index in [4.69, 9.17) is 11.6 Å². The number of hydrazine groups is 1. The molecule has 6 rings (SSSR count). The van der Waals surface area contributed by atoms with Crippen molar-refractivity contribution < 1.29 is 19.2 Å². The number of nitrogens with zero attached hydrogens (tertiary/aromatic N) is 3. The van der Waals surface area contributed by atoms with Crippen LogP contribution in [-0.4, -0.2) is 43.7 Å². The normalized spacial score (nSPS) is 15.2. The van der Waals surface area contributed by atoms with Crippen LogP contribution in [0.3, 0.4) is 0 Å². The average molecular weight is 543 g/mol. The van der Waals surface area contributed by atoms with E-state index in [1.165, 1.54) is 5.01 Å². The number of piperidine rings is 1. The van der Waals surface area contributed by atoms with Gasteiger partial charge in [-0.3, -0.25) is 14.4 Å². The molecule has 1 fully saturated rings. The van der Waals surface area contributed by atoms with E-state index < -0.39 is 6.03 Å². The van der Waals surface area contributed by atoms with Crippen molar-refractivity contribution in [2.24, 2.45) is 0 Å². The number of anilines is 1. The number of imide groups is 1. The highest BCUT2D eigenvalue weighted by molar-refractivity contribution is 6.33. The first-order valence-electron chi connectivity index (χ1n) is 12.5. The van der Waals surface area contributed by atoms with E-state index in [0.29, 0.717) is 39.6 Å². The molecule has 39 heavy (non-hydrogen) atoms. The molecular formula is C28H23ClN6O4. The Morgan fingerprint density at radius 3 is 2.56 bits per heavy atom. The Balaban J connectivity index is 1.11. The van der Waals surface area contributed by atoms with Crippen LogP contribution in [0, 0.1) is 0 Å². The Kier molecular flexibility index (Phi) is 6.24. The van der Waals surface area contributed by atoms with Crippen LogP contribution in [0.2, 0.25) is 5.02 Å². The number of carbonyl (C=O) groups is 4. The number of H-pyrrole nitrogens is 1. The van der Waals surface area contributed by atoms with Crippen molar-refractivity contribution in [3.05, 3.63) is 82.4 Å². The second-order valence-electron chi connectivity index (χ2n) is 9.41. The van der Waals surface area contributed by atoms with E-state index in [1.54, 1.807) is 36.4 Å². The van der Waals surface area contributed by atoms with Crippen LogP contribution in [0.1, 0.15) is 40.7 Å². The van der Waals surface area contributed by atoms with E-state index in [2.05, 4.69) is 20.6 Å². The summed E-state index contributed by atoms with van der Waals surface area (Å²) in [6.07, 6.45) is 0.978. The fraction of sp³-hybridized carbons (Fsp3) is 0.179. The zero-order valence-corrected chi connectivity index (χ0v) is 21.4. The van der Waals surface area contributed by atoms with Crippen molar-refractivity contribution in [3.8, 4) is 11.4 Å². The molecule has 0 radical (unpaired) electrons. The first kappa shape index (κ1) is 24.6. The van der Waals surface area contributed by atoms with E-state index in [9.17, 15) is 19.2 Å². The van der Waals surface area contributed by atoms with Gasteiger partial charge in [0.1, 0.15) is 5.82 Å². The minimum Gasteiger partial charge on any atom is -0.338 e. The van der Waals surface area contributed by atoms with Gasteiger partial charge in [-0.1, -0.05) is 35.9 Å². The van der Waals surface area contributed by atoms with Crippen molar-refractivity contribution in [1.29, 1.82) is 0 Å². The number of imidazole rings is 1. The lowest BCUT2D eigenvalue weighted by molar-refractivity contribution is -0.163. The number of aromatic amines is 1. The average Bonchev–Trinajstić information content (AvgIpc) is 3.49. The zero-order chi connectivity index (χ0) is 27.1. The monoisotopic (exact) mass is 542 g/mol. The van der Waals surface area contributed by atoms with Gasteiger partial charge in [-0.15, -0.1) is 0 Å². The van der Waals surface area contributed by atoms with Crippen LogP contribution < -0.4 is 10.6 Å². The Bertz CT molecular complexity index is 1620. The fourth-order valence-electron chi connectivity index (χ4n) is 4.86. The number of aromatic nitrogens is 2. The molecule has 11 heteroatoms. The number of carbonyl (C=O) groups excluding carboxylic acids is 4. The summed E-state index contributed by atoms with van der Waals surface area (Å²) in [7, 11) is 0. The Labute approximate surface area is 227 Å². The van der Waals surface area contributed by atoms with Gasteiger partial charge in [0.25, 0.3) is 5.91 Å². The smallest absolute Gasteiger partial charge is 0.319 e. The largest absolute Gasteiger partial charge is 0.338 e. The molecule has 0 unspecified atom stereocenters. The van der Waals surface area contributed by atoms with Gasteiger partial charge in [0.05, 0.1) is 22.6 Å². The van der Waals surface area contributed by atoms with Crippen LogP contribution in [0.25, 0.3) is 22.4 Å². The number of hydrogen-bond acceptors (Lipinski definition) is 5. The Morgan fingerprint density at radius 2 is 1.77 bits per heavy atom. The van der Waals surface area contributed by atoms with Gasteiger partial charge in [0.15, 0.2) is 0 Å². The molecule has 10 nitrogen and oxygen atoms in total. The number of fused-ring (bicyclic) bond motifs is 2. The Morgan fingerprint density at radius 1 is 0.974 bits per heavy atom. The number of urea groups is 1. The minimum absolute atomic E-state index is 0.126. The second kappa shape index (κ2) is 9.88. The number of nitrogens with one attached hydrogen (secondary N) is 3. The van der Waals surface area contributed by atoms with Gasteiger partial charge in [0, 0.05) is 36.2 Å². The highest BCUT2D eigenvalue weighted by atomic mass is 35.5. The van der Waals surface area contributed by atoms with Gasteiger partial charge < -0.3 is 15.6 Å². The maximum absolute atomic E-state index is 12.9. The summed E-state index contributed by atoms with van der Waals surface area (Å²) in [5.41, 5.74) is 4.80. The molecule has 4 aromatic rings. The lowest BCUT2D eigenvalue weighted by Crippen LogP contribution is -2.51. The third-order valence-electron chi connectivity index (χ3n) is 6.77. The molecule has 0 bridgehead atoms. The van der Waals surface area contributed by atoms with Crippen molar-refractivity contribution in [2.75, 3.05) is 5.32 Å². The molecule has 196 valence electrons. The predicted molar refractivity (Wildman–Crippen MR) is 144 cm³/mol. The summed E-state index contributed by atoms with van der Waals surface area (Å²) in [4.78, 5) is 57.9. The third kappa shape index (κ3) is 4.70. The number of para-hydroxylation sites is 2. The molecule has 0 spiro atoms. The number of halogens is 1. The topological polar surface area (TPSA) is 128 Å². The lowest BCUT2D eigenvalue weighted by Gasteiger charge is -2.32. The standard InChI is InChI=1S/C28H23ClN6O4/c29-21-11-9-18(13-20(21)26-32-22-4-1-2-5-23(22)33-26)31-28(39)30-14-16-8-10-19-17(12-16)15-34(27(19)38)35-24(36)6-3-7-25(35)37/h1-2,4-5,8-13H,3,6-7,14-15H2,(H,32,33)(H2,30,31,39). The van der Waals surface area contributed by atoms with Crippen LogP contribution in [0.5, 0.6) is 0 Å². The fourth-order valence-corrected chi connectivity index (χ4v) is 5.07. The lowest BCUT2D eigenvalue weighted by atomic mass is 10.1. The zero-order valence-electron chi connectivity index (χ0n) is 20.7. The summed E-state index contributed by atoms with van der Waals surface area (Å²) in [6.45, 7) is 0.333. The SMILES string of the molecule is O=C(NCc1ccc2c(c1)CN(N1C(=O)CCCC1=O)C2=O)Nc1ccc(Cl)c(-c2nc3ccccc3[nH]2)c1. The van der Waals surface area contributed by atoms with Crippen molar-refractivity contribution in [2.45, 2.75) is 32.4 Å². The minimum atomic E-state index is -0.421. The molecule has 2 aliphatic heterocycles. The van der Waals surface area contributed by atoms with Crippen LogP contribution in [0.15, 0.2) is 60.7 Å². The van der Waals surface area contributed by atoms with Crippen LogP contribution >= 0.6 is 11.6 Å². The molecular weight excluding hydrogens is 520 g/mol. The van der Waals surface area contributed by atoms with Gasteiger partial charge in [0.2, 0.25) is 11.8 Å². The van der Waals surface area contributed by atoms with Crippen LogP contribution in [0.4, 0.5) is 10.5 Å². The summed E-state index contributed by atoms with van der Waals surface area (Å²) in [5, 5.41) is 8.30. The molecule has 0 aliphatic carbocycles. The quantitative estimate of drug-likeness (QED) is 0.317. The van der Waals surface area contributed by atoms with Gasteiger partial charge >= 0.3 is 6.03 Å². The number of hydrogen-bond donors (Lipinski definition) is 3. The highest BCUT2D eigenvalue weighted by Gasteiger charge is 2.39. The first-order chi connectivity index (χ1) is 18.9. The molecule has 0 saturated carbocycles. The van der Waals surface area contributed by atoms with Crippen LogP contribution in [-0.2, 0) is 22.7 Å². The predicted octanol–water partition coefficient (Wildman–Crippen LogP) is 4.61. The second-order valence-corrected chi connectivity index (χ2v) is 9.82. The van der Waals surface area contributed by atoms with Gasteiger partial charge in [-0.2, -0.15) is 5.01 Å². The molecule has 3 heterocycles. The summed E-state index contributed by atoms with van der Waals surface area (Å²) < 4.78 is 0. The molecule has 0 atom stereocenters. The summed E-state index contributed by atoms with van der Waals surface area (Å²) in [6, 6.07) is 17.6. The summed E-state index contributed by atoms with van der Waals surface area (Å²) in [5.74, 6) is -0.512. The molecule has 3 aromatic carbocycles. The highest BCUT2D eigenvalue weighted by Crippen LogP contribution is 2.31. The molecule has 5 amide bonds. The maximum atomic E-state index is 12.9. The van der Waals surface area contributed by atoms with Crippen molar-refractivity contribution >= 4 is 52.1 Å². The Hall–Kier alpha value is -4.70. The molecule has 2 aliphatic rings. The summed E-state index contributed by atoms with van der Waals surface area (Å²) >= 11 is 6.41. The first-order valence-corrected chi connectivity index (χ1v) is 12.8. The third-order valence-corrected chi connectivity index (χ3v) is 7.10. The number of benzene rings is 3. The number of amides is 5. The van der Waals surface area contributed by atoms with E-state index in [-0.39, 0.29) is 43.7 Å². The van der Waals surface area contributed by atoms with Crippen molar-refractivity contribution in [3.63, 3.8) is 0 Å². The molecule has 1 aromatic heterocycles. The van der Waals surface area contributed by atoms with Crippen molar-refractivity contribution in [1.82, 2.24) is 25.3 Å². The van der Waals surface area contributed by atoms with Gasteiger partial charge in [-0.25, -0.2) is 14.8 Å².